The summed E-state index contributed by atoms with van der Waals surface area (Å²) >= 11 is 1.87. The number of fused-ring (bicyclic) bond motifs is 11. The average molecular weight is 605 g/mol. The summed E-state index contributed by atoms with van der Waals surface area (Å²) in [6.07, 6.45) is 1.86. The maximum absolute atomic E-state index is 6.46. The molecule has 0 saturated carbocycles. The molecule has 0 fully saturated rings. The molecule has 10 aromatic rings. The quantitative estimate of drug-likeness (QED) is 0.188. The number of benzene rings is 7. The van der Waals surface area contributed by atoms with Crippen molar-refractivity contribution >= 4 is 75.3 Å². The molecule has 3 nitrogen and oxygen atoms in total. The zero-order chi connectivity index (χ0) is 30.2. The minimum atomic E-state index is 0.557. The van der Waals surface area contributed by atoms with E-state index in [4.69, 9.17) is 14.4 Å². The Morgan fingerprint density at radius 1 is 0.500 bits per heavy atom. The highest BCUT2D eigenvalue weighted by molar-refractivity contribution is 7.26. The molecule has 4 heteroatoms. The van der Waals surface area contributed by atoms with Gasteiger partial charge in [0.25, 0.3) is 0 Å². The van der Waals surface area contributed by atoms with Crippen LogP contribution in [0.2, 0.25) is 0 Å². The summed E-state index contributed by atoms with van der Waals surface area (Å²) < 4.78 is 9.11. The van der Waals surface area contributed by atoms with Crippen molar-refractivity contribution in [1.29, 1.82) is 0 Å². The van der Waals surface area contributed by atoms with E-state index in [9.17, 15) is 0 Å². The van der Waals surface area contributed by atoms with Crippen LogP contribution in [0.3, 0.4) is 0 Å². The standard InChI is InChI=1S/C42H24N2OS/c1-3-14-33-30(11-1)31-12-2-4-15-34(31)40-38(33)39-42(45-40)44-36(24-43-39)26-21-19-25(20-22-26)27-9-7-10-28(23-27)29-16-8-17-35-32-13-5-6-18-37(32)46-41(29)35/h1-24H. The Bertz CT molecular complexity index is 2810. The Balaban J connectivity index is 1.04. The van der Waals surface area contributed by atoms with Crippen LogP contribution in [0.4, 0.5) is 0 Å². The molecule has 0 saturated heterocycles. The minimum Gasteiger partial charge on any atom is -0.436 e. The first-order valence-corrected chi connectivity index (χ1v) is 16.2. The van der Waals surface area contributed by atoms with E-state index in [1.165, 1.54) is 47.6 Å². The average Bonchev–Trinajstić information content (AvgIpc) is 3.71. The van der Waals surface area contributed by atoms with Crippen LogP contribution in [0.25, 0.3) is 97.4 Å². The van der Waals surface area contributed by atoms with Crippen LogP contribution in [0.15, 0.2) is 150 Å². The first-order valence-electron chi connectivity index (χ1n) is 15.4. The predicted molar refractivity (Wildman–Crippen MR) is 194 cm³/mol. The molecule has 0 spiro atoms. The number of hydrogen-bond acceptors (Lipinski definition) is 4. The van der Waals surface area contributed by atoms with Gasteiger partial charge in [-0.3, -0.25) is 0 Å². The molecule has 0 amide bonds. The molecule has 0 radical (unpaired) electrons. The Morgan fingerprint density at radius 3 is 2.00 bits per heavy atom. The lowest BCUT2D eigenvalue weighted by Gasteiger charge is -2.08. The highest BCUT2D eigenvalue weighted by atomic mass is 32.1. The van der Waals surface area contributed by atoms with E-state index in [1.807, 2.05) is 17.5 Å². The molecule has 0 aliphatic heterocycles. The van der Waals surface area contributed by atoms with Gasteiger partial charge in [-0.25, -0.2) is 9.97 Å². The second-order valence-corrected chi connectivity index (χ2v) is 12.8. The second kappa shape index (κ2) is 9.83. The van der Waals surface area contributed by atoms with Crippen molar-refractivity contribution in [3.63, 3.8) is 0 Å². The Morgan fingerprint density at radius 2 is 1.15 bits per heavy atom. The number of aromatic nitrogens is 2. The summed E-state index contributed by atoms with van der Waals surface area (Å²) in [7, 11) is 0. The predicted octanol–water partition coefficient (Wildman–Crippen LogP) is 12.1. The monoisotopic (exact) mass is 604 g/mol. The normalized spacial score (nSPS) is 11.9. The molecule has 0 unspecified atom stereocenters. The number of furan rings is 1. The van der Waals surface area contributed by atoms with Crippen LogP contribution in [-0.4, -0.2) is 9.97 Å². The van der Waals surface area contributed by atoms with Crippen LogP contribution < -0.4 is 0 Å². The van der Waals surface area contributed by atoms with Crippen molar-refractivity contribution in [3.05, 3.63) is 146 Å². The fourth-order valence-electron chi connectivity index (χ4n) is 6.97. The van der Waals surface area contributed by atoms with E-state index < -0.39 is 0 Å². The number of hydrogen-bond donors (Lipinski definition) is 0. The topological polar surface area (TPSA) is 38.9 Å². The van der Waals surface area contributed by atoms with Gasteiger partial charge in [0.2, 0.25) is 5.71 Å². The van der Waals surface area contributed by atoms with Gasteiger partial charge < -0.3 is 4.42 Å². The molecular weight excluding hydrogens is 581 g/mol. The van der Waals surface area contributed by atoms with E-state index in [2.05, 4.69) is 140 Å². The molecule has 46 heavy (non-hydrogen) atoms. The molecule has 3 aromatic heterocycles. The zero-order valence-corrected chi connectivity index (χ0v) is 25.4. The summed E-state index contributed by atoms with van der Waals surface area (Å²) in [6, 6.07) is 49.6. The summed E-state index contributed by atoms with van der Waals surface area (Å²) in [5.74, 6) is 0. The van der Waals surface area contributed by atoms with Gasteiger partial charge in [-0.05, 0) is 50.5 Å². The van der Waals surface area contributed by atoms with Gasteiger partial charge in [-0.1, -0.05) is 127 Å². The minimum absolute atomic E-state index is 0.557. The van der Waals surface area contributed by atoms with Crippen molar-refractivity contribution in [2.75, 3.05) is 0 Å². The van der Waals surface area contributed by atoms with Crippen LogP contribution in [0.5, 0.6) is 0 Å². The Kier molecular flexibility index (Phi) is 5.45. The third-order valence-corrected chi connectivity index (χ3v) is 10.4. The second-order valence-electron chi connectivity index (χ2n) is 11.7. The number of nitrogens with zero attached hydrogens (tertiary/aromatic N) is 2. The van der Waals surface area contributed by atoms with Crippen molar-refractivity contribution in [2.45, 2.75) is 0 Å². The smallest absolute Gasteiger partial charge is 0.246 e. The van der Waals surface area contributed by atoms with E-state index in [-0.39, 0.29) is 0 Å². The van der Waals surface area contributed by atoms with Crippen molar-refractivity contribution in [1.82, 2.24) is 9.97 Å². The van der Waals surface area contributed by atoms with E-state index in [0.29, 0.717) is 5.71 Å². The van der Waals surface area contributed by atoms with Gasteiger partial charge >= 0.3 is 0 Å². The molecule has 7 aromatic carbocycles. The third-order valence-electron chi connectivity index (χ3n) is 9.15. The van der Waals surface area contributed by atoms with Crippen molar-refractivity contribution in [3.8, 4) is 33.5 Å². The van der Waals surface area contributed by atoms with Crippen molar-refractivity contribution in [2.24, 2.45) is 0 Å². The third kappa shape index (κ3) is 3.77. The highest BCUT2D eigenvalue weighted by Gasteiger charge is 2.18. The zero-order valence-electron chi connectivity index (χ0n) is 24.6. The van der Waals surface area contributed by atoms with E-state index in [1.54, 1.807) is 0 Å². The highest BCUT2D eigenvalue weighted by Crippen LogP contribution is 2.42. The maximum atomic E-state index is 6.46. The van der Waals surface area contributed by atoms with Crippen LogP contribution in [0.1, 0.15) is 0 Å². The molecule has 0 aliphatic carbocycles. The molecule has 0 bridgehead atoms. The summed E-state index contributed by atoms with van der Waals surface area (Å²) in [5.41, 5.74) is 8.81. The first-order chi connectivity index (χ1) is 22.8. The summed E-state index contributed by atoms with van der Waals surface area (Å²) in [5, 5.41) is 8.23. The van der Waals surface area contributed by atoms with Crippen LogP contribution in [0, 0.1) is 0 Å². The first kappa shape index (κ1) is 25.5. The van der Waals surface area contributed by atoms with Crippen molar-refractivity contribution < 1.29 is 4.42 Å². The molecule has 0 N–H and O–H groups in total. The van der Waals surface area contributed by atoms with E-state index >= 15 is 0 Å². The Hall–Kier alpha value is -5.84. The molecule has 0 atom stereocenters. The lowest BCUT2D eigenvalue weighted by atomic mass is 9.97. The fourth-order valence-corrected chi connectivity index (χ4v) is 8.21. The maximum Gasteiger partial charge on any atom is 0.246 e. The molecule has 0 aliphatic rings. The van der Waals surface area contributed by atoms with Gasteiger partial charge in [0.1, 0.15) is 11.1 Å². The lowest BCUT2D eigenvalue weighted by Crippen LogP contribution is -1.87. The molecule has 10 rings (SSSR count). The SMILES string of the molecule is c1cc(-c2ccc(-c3cnc4c(n3)oc3c5ccccc5c5ccccc5c43)cc2)cc(-c2cccc3c2sc2ccccc23)c1. The Labute approximate surface area is 268 Å². The van der Waals surface area contributed by atoms with Crippen LogP contribution >= 0.6 is 11.3 Å². The van der Waals surface area contributed by atoms with Gasteiger partial charge in [0.15, 0.2) is 0 Å². The van der Waals surface area contributed by atoms with Gasteiger partial charge in [-0.15, -0.1) is 11.3 Å². The largest absolute Gasteiger partial charge is 0.436 e. The fraction of sp³-hybridized carbons (Fsp3) is 0. The summed E-state index contributed by atoms with van der Waals surface area (Å²) in [6.45, 7) is 0. The molecular formula is C42H24N2OS. The van der Waals surface area contributed by atoms with Gasteiger partial charge in [0.05, 0.1) is 17.3 Å². The molecule has 214 valence electrons. The van der Waals surface area contributed by atoms with E-state index in [0.717, 1.165) is 44.1 Å². The van der Waals surface area contributed by atoms with Gasteiger partial charge in [0, 0.05) is 31.1 Å². The summed E-state index contributed by atoms with van der Waals surface area (Å²) in [4.78, 5) is 9.89. The van der Waals surface area contributed by atoms with Crippen LogP contribution in [-0.2, 0) is 0 Å². The van der Waals surface area contributed by atoms with Gasteiger partial charge in [-0.2, -0.15) is 0 Å². The number of thiophene rings is 1. The molecule has 3 heterocycles. The lowest BCUT2D eigenvalue weighted by molar-refractivity contribution is 0.657. The number of rotatable bonds is 3.